The predicted molar refractivity (Wildman–Crippen MR) is 65.0 cm³/mol. The molecule has 21 heavy (non-hydrogen) atoms. The lowest BCUT2D eigenvalue weighted by Crippen LogP contribution is -2.18. The van der Waals surface area contributed by atoms with Crippen LogP contribution in [0.15, 0.2) is 17.3 Å². The Hall–Kier alpha value is -1.94. The Bertz CT molecular complexity index is 807. The molecular formula is C11H9F3N4O2S. The SMILES string of the molecule is NS(=O)(=O)c1nnc(-c2c(F)cc(F)cc2F)n1C1CC1. The van der Waals surface area contributed by atoms with Crippen molar-refractivity contribution in [1.82, 2.24) is 14.8 Å². The van der Waals surface area contributed by atoms with Gasteiger partial charge in [-0.2, -0.15) is 0 Å². The molecule has 2 aromatic rings. The lowest BCUT2D eigenvalue weighted by atomic mass is 10.1. The van der Waals surface area contributed by atoms with Gasteiger partial charge in [0.05, 0.1) is 5.56 Å². The van der Waals surface area contributed by atoms with Crippen LogP contribution in [0.4, 0.5) is 13.2 Å². The molecule has 1 saturated carbocycles. The van der Waals surface area contributed by atoms with Gasteiger partial charge in [-0.3, -0.25) is 4.57 Å². The zero-order chi connectivity index (χ0) is 15.4. The summed E-state index contributed by atoms with van der Waals surface area (Å²) in [5.41, 5.74) is -0.634. The molecule has 3 rings (SSSR count). The van der Waals surface area contributed by atoms with Gasteiger partial charge in [-0.25, -0.2) is 26.7 Å². The van der Waals surface area contributed by atoms with E-state index < -0.39 is 38.2 Å². The fraction of sp³-hybridized carbons (Fsp3) is 0.273. The lowest BCUT2D eigenvalue weighted by Gasteiger charge is -2.09. The first-order valence-corrected chi connectivity index (χ1v) is 7.46. The van der Waals surface area contributed by atoms with Crippen molar-refractivity contribution in [3.05, 3.63) is 29.6 Å². The molecule has 1 aliphatic rings. The van der Waals surface area contributed by atoms with Crippen LogP contribution in [0.1, 0.15) is 18.9 Å². The Kier molecular flexibility index (Phi) is 3.02. The molecule has 0 atom stereocenters. The number of hydrogen-bond acceptors (Lipinski definition) is 4. The predicted octanol–water partition coefficient (Wildman–Crippen LogP) is 1.34. The fourth-order valence-corrected chi connectivity index (χ4v) is 2.72. The topological polar surface area (TPSA) is 90.9 Å². The van der Waals surface area contributed by atoms with Gasteiger partial charge < -0.3 is 0 Å². The number of sulfonamides is 1. The molecule has 1 fully saturated rings. The number of nitrogens with zero attached hydrogens (tertiary/aromatic N) is 3. The Morgan fingerprint density at radius 2 is 1.71 bits per heavy atom. The summed E-state index contributed by atoms with van der Waals surface area (Å²) in [4.78, 5) is 0. The van der Waals surface area contributed by atoms with Crippen molar-refractivity contribution in [2.75, 3.05) is 0 Å². The molecule has 0 bridgehead atoms. The molecule has 0 saturated heterocycles. The first kappa shape index (κ1) is 14.0. The summed E-state index contributed by atoms with van der Waals surface area (Å²) in [5, 5.41) is 11.4. The van der Waals surface area contributed by atoms with Gasteiger partial charge in [0.15, 0.2) is 5.82 Å². The minimum atomic E-state index is -4.19. The quantitative estimate of drug-likeness (QED) is 0.924. The summed E-state index contributed by atoms with van der Waals surface area (Å²) in [6.07, 6.45) is 1.22. The van der Waals surface area contributed by atoms with Gasteiger partial charge in [0.2, 0.25) is 0 Å². The second kappa shape index (κ2) is 4.53. The van der Waals surface area contributed by atoms with Crippen LogP contribution < -0.4 is 5.14 Å². The van der Waals surface area contributed by atoms with E-state index in [1.807, 2.05) is 0 Å². The van der Waals surface area contributed by atoms with Crippen molar-refractivity contribution in [3.63, 3.8) is 0 Å². The second-order valence-corrected chi connectivity index (χ2v) is 6.15. The highest BCUT2D eigenvalue weighted by molar-refractivity contribution is 7.89. The molecule has 0 unspecified atom stereocenters. The average Bonchev–Trinajstić information content (AvgIpc) is 3.07. The minimum absolute atomic E-state index is 0.299. The third-order valence-corrected chi connectivity index (χ3v) is 3.85. The Morgan fingerprint density at radius 3 is 2.19 bits per heavy atom. The number of rotatable bonds is 3. The van der Waals surface area contributed by atoms with Crippen LogP contribution in [0.2, 0.25) is 0 Å². The largest absolute Gasteiger partial charge is 0.293 e. The third kappa shape index (κ3) is 2.40. The van der Waals surface area contributed by atoms with E-state index in [2.05, 4.69) is 10.2 Å². The van der Waals surface area contributed by atoms with Gasteiger partial charge >= 0.3 is 0 Å². The van der Waals surface area contributed by atoms with E-state index in [4.69, 9.17) is 5.14 Å². The second-order valence-electron chi connectivity index (χ2n) is 4.70. The molecule has 0 aliphatic heterocycles. The Labute approximate surface area is 117 Å². The van der Waals surface area contributed by atoms with Gasteiger partial charge in [0.25, 0.3) is 15.2 Å². The van der Waals surface area contributed by atoms with Crippen molar-refractivity contribution in [3.8, 4) is 11.4 Å². The summed E-state index contributed by atoms with van der Waals surface area (Å²) in [7, 11) is -4.19. The molecule has 2 N–H and O–H groups in total. The molecule has 0 radical (unpaired) electrons. The molecule has 1 aromatic heterocycles. The van der Waals surface area contributed by atoms with E-state index in [-0.39, 0.29) is 11.9 Å². The van der Waals surface area contributed by atoms with Crippen LogP contribution in [0, 0.1) is 17.5 Å². The summed E-state index contributed by atoms with van der Waals surface area (Å²) >= 11 is 0. The van der Waals surface area contributed by atoms with Crippen LogP contribution >= 0.6 is 0 Å². The van der Waals surface area contributed by atoms with E-state index in [0.29, 0.717) is 25.0 Å². The summed E-state index contributed by atoms with van der Waals surface area (Å²) in [6.45, 7) is 0. The highest BCUT2D eigenvalue weighted by atomic mass is 32.2. The van der Waals surface area contributed by atoms with Gasteiger partial charge in [0, 0.05) is 18.2 Å². The van der Waals surface area contributed by atoms with Gasteiger partial charge in [-0.15, -0.1) is 10.2 Å². The highest BCUT2D eigenvalue weighted by Crippen LogP contribution is 2.40. The van der Waals surface area contributed by atoms with Crippen molar-refractivity contribution < 1.29 is 21.6 Å². The number of hydrogen-bond donors (Lipinski definition) is 1. The Balaban J connectivity index is 2.28. The maximum Gasteiger partial charge on any atom is 0.273 e. The molecule has 1 heterocycles. The maximum absolute atomic E-state index is 13.8. The van der Waals surface area contributed by atoms with Crippen molar-refractivity contribution >= 4 is 10.0 Å². The number of halogens is 3. The first-order valence-electron chi connectivity index (χ1n) is 5.91. The zero-order valence-corrected chi connectivity index (χ0v) is 11.2. The monoisotopic (exact) mass is 318 g/mol. The Morgan fingerprint density at radius 1 is 1.14 bits per heavy atom. The van der Waals surface area contributed by atoms with Crippen LogP contribution in [0.5, 0.6) is 0 Å². The van der Waals surface area contributed by atoms with Crippen molar-refractivity contribution in [2.45, 2.75) is 24.0 Å². The maximum atomic E-state index is 13.8. The molecule has 1 aromatic carbocycles. The lowest BCUT2D eigenvalue weighted by molar-refractivity contribution is 0.541. The molecular weight excluding hydrogens is 309 g/mol. The van der Waals surface area contributed by atoms with E-state index in [1.165, 1.54) is 0 Å². The third-order valence-electron chi connectivity index (χ3n) is 3.06. The normalized spacial score (nSPS) is 15.4. The average molecular weight is 318 g/mol. The molecule has 0 spiro atoms. The summed E-state index contributed by atoms with van der Waals surface area (Å²) in [5.74, 6) is -3.79. The van der Waals surface area contributed by atoms with Crippen LogP contribution in [-0.4, -0.2) is 23.2 Å². The summed E-state index contributed by atoms with van der Waals surface area (Å²) < 4.78 is 64.6. The molecule has 6 nitrogen and oxygen atoms in total. The van der Waals surface area contributed by atoms with Crippen molar-refractivity contribution in [2.24, 2.45) is 5.14 Å². The molecule has 112 valence electrons. The van der Waals surface area contributed by atoms with Gasteiger partial charge in [-0.1, -0.05) is 0 Å². The first-order chi connectivity index (χ1) is 9.79. The van der Waals surface area contributed by atoms with E-state index in [0.717, 1.165) is 4.57 Å². The van der Waals surface area contributed by atoms with Crippen LogP contribution in [-0.2, 0) is 10.0 Å². The van der Waals surface area contributed by atoms with Gasteiger partial charge in [-0.05, 0) is 12.8 Å². The smallest absolute Gasteiger partial charge is 0.273 e. The standard InChI is InChI=1S/C11H9F3N4O2S/c12-5-3-7(13)9(8(14)4-5)10-16-17-11(21(15,19)20)18(10)6-1-2-6/h3-4,6H,1-2H2,(H2,15,19,20). The van der Waals surface area contributed by atoms with E-state index in [1.54, 1.807) is 0 Å². The molecule has 1 aliphatic carbocycles. The van der Waals surface area contributed by atoms with Crippen LogP contribution in [0.25, 0.3) is 11.4 Å². The summed E-state index contributed by atoms with van der Waals surface area (Å²) in [6, 6.07) is 0.675. The van der Waals surface area contributed by atoms with E-state index in [9.17, 15) is 21.6 Å². The number of primary sulfonamides is 1. The highest BCUT2D eigenvalue weighted by Gasteiger charge is 2.35. The van der Waals surface area contributed by atoms with Gasteiger partial charge in [0.1, 0.15) is 17.5 Å². The number of aromatic nitrogens is 3. The number of benzene rings is 1. The molecule has 10 heteroatoms. The zero-order valence-electron chi connectivity index (χ0n) is 10.4. The molecule has 0 amide bonds. The minimum Gasteiger partial charge on any atom is -0.293 e. The van der Waals surface area contributed by atoms with Crippen molar-refractivity contribution in [1.29, 1.82) is 0 Å². The van der Waals surface area contributed by atoms with Crippen LogP contribution in [0.3, 0.4) is 0 Å². The van der Waals surface area contributed by atoms with E-state index >= 15 is 0 Å². The fourth-order valence-electron chi connectivity index (χ4n) is 2.06. The number of nitrogens with two attached hydrogens (primary N) is 1.